The molecule has 8 heteroatoms. The van der Waals surface area contributed by atoms with Gasteiger partial charge in [-0.25, -0.2) is 4.98 Å². The highest BCUT2D eigenvalue weighted by molar-refractivity contribution is 6.39. The first-order chi connectivity index (χ1) is 11.5. The van der Waals surface area contributed by atoms with Crippen molar-refractivity contribution >= 4 is 45.8 Å². The normalized spacial score (nSPS) is 10.8. The van der Waals surface area contributed by atoms with Crippen molar-refractivity contribution in [2.45, 2.75) is 13.3 Å². The largest absolute Gasteiger partial charge is 0.494 e. The van der Waals surface area contributed by atoms with Gasteiger partial charge in [0.25, 0.3) is 0 Å². The predicted molar refractivity (Wildman–Crippen MR) is 94.0 cm³/mol. The number of aromatic amines is 1. The Morgan fingerprint density at radius 2 is 2.00 bits per heavy atom. The lowest BCUT2D eigenvalue weighted by atomic mass is 10.1. The molecule has 0 fully saturated rings. The van der Waals surface area contributed by atoms with Gasteiger partial charge in [-0.15, -0.1) is 0 Å². The number of hydrogen-bond acceptors (Lipinski definition) is 4. The second-order valence-electron chi connectivity index (χ2n) is 5.18. The average molecular weight is 365 g/mol. The third kappa shape index (κ3) is 3.16. The molecule has 0 aliphatic carbocycles. The Balaban J connectivity index is 1.89. The van der Waals surface area contributed by atoms with Gasteiger partial charge in [0.15, 0.2) is 0 Å². The second-order valence-corrected chi connectivity index (χ2v) is 5.99. The van der Waals surface area contributed by atoms with Crippen LogP contribution in [0.3, 0.4) is 0 Å². The van der Waals surface area contributed by atoms with Crippen molar-refractivity contribution in [1.29, 1.82) is 0 Å². The van der Waals surface area contributed by atoms with Crippen molar-refractivity contribution in [1.82, 2.24) is 15.0 Å². The number of fused-ring (bicyclic) bond motifs is 1. The first-order valence-electron chi connectivity index (χ1n) is 7.10. The minimum Gasteiger partial charge on any atom is -0.494 e. The smallest absolute Gasteiger partial charge is 0.228 e. The van der Waals surface area contributed by atoms with E-state index in [4.69, 9.17) is 27.9 Å². The zero-order valence-corrected chi connectivity index (χ0v) is 14.5. The van der Waals surface area contributed by atoms with E-state index in [1.807, 2.05) is 13.0 Å². The molecule has 3 rings (SSSR count). The number of imidazole rings is 1. The SMILES string of the molecule is COc1ccc(CC(=O)Nc2c(Cl)cncc2Cl)c2nc(C)[nH]c12. The summed E-state index contributed by atoms with van der Waals surface area (Å²) in [6.45, 7) is 1.85. The van der Waals surface area contributed by atoms with E-state index in [1.54, 1.807) is 13.2 Å². The molecule has 0 saturated heterocycles. The van der Waals surface area contributed by atoms with Crippen molar-refractivity contribution in [2.75, 3.05) is 12.4 Å². The fraction of sp³-hybridized carbons (Fsp3) is 0.188. The highest BCUT2D eigenvalue weighted by atomic mass is 35.5. The molecule has 0 saturated carbocycles. The number of aryl methyl sites for hydroxylation is 1. The van der Waals surface area contributed by atoms with Crippen molar-refractivity contribution in [3.8, 4) is 5.75 Å². The van der Waals surface area contributed by atoms with Gasteiger partial charge in [0.1, 0.15) is 17.1 Å². The van der Waals surface area contributed by atoms with Crippen molar-refractivity contribution < 1.29 is 9.53 Å². The van der Waals surface area contributed by atoms with Gasteiger partial charge in [0.2, 0.25) is 5.91 Å². The summed E-state index contributed by atoms with van der Waals surface area (Å²) in [6.07, 6.45) is 2.97. The van der Waals surface area contributed by atoms with E-state index in [0.717, 1.165) is 16.9 Å². The number of anilines is 1. The van der Waals surface area contributed by atoms with Crippen LogP contribution in [0.1, 0.15) is 11.4 Å². The molecule has 0 bridgehead atoms. The highest BCUT2D eigenvalue weighted by Crippen LogP contribution is 2.30. The van der Waals surface area contributed by atoms with Gasteiger partial charge in [-0.05, 0) is 18.6 Å². The highest BCUT2D eigenvalue weighted by Gasteiger charge is 2.15. The maximum atomic E-state index is 12.4. The molecule has 1 aromatic carbocycles. The van der Waals surface area contributed by atoms with E-state index in [0.29, 0.717) is 17.0 Å². The van der Waals surface area contributed by atoms with Gasteiger partial charge in [0.05, 0.1) is 34.8 Å². The number of carbonyl (C=O) groups excluding carboxylic acids is 1. The van der Waals surface area contributed by atoms with Gasteiger partial charge >= 0.3 is 0 Å². The first-order valence-corrected chi connectivity index (χ1v) is 7.86. The fourth-order valence-corrected chi connectivity index (χ4v) is 2.90. The van der Waals surface area contributed by atoms with Crippen LogP contribution in [0.5, 0.6) is 5.75 Å². The molecule has 24 heavy (non-hydrogen) atoms. The van der Waals surface area contributed by atoms with Crippen LogP contribution < -0.4 is 10.1 Å². The molecule has 2 aromatic heterocycles. The summed E-state index contributed by atoms with van der Waals surface area (Å²) >= 11 is 12.0. The Morgan fingerprint density at radius 3 is 2.67 bits per heavy atom. The Hall–Kier alpha value is -2.31. The van der Waals surface area contributed by atoms with Crippen LogP contribution in [0.25, 0.3) is 11.0 Å². The molecule has 0 spiro atoms. The predicted octanol–water partition coefficient (Wildman–Crippen LogP) is 3.76. The molecule has 2 N–H and O–H groups in total. The summed E-state index contributed by atoms with van der Waals surface area (Å²) in [5.74, 6) is 1.17. The standard InChI is InChI=1S/C16H14Cl2N4O2/c1-8-20-14-9(3-4-12(24-2)16(14)21-8)5-13(23)22-15-10(17)6-19-7-11(15)18/h3-4,6-7H,5H2,1-2H3,(H,20,21)(H,19,22,23). The Bertz CT molecular complexity index is 904. The second kappa shape index (κ2) is 6.67. The molecule has 124 valence electrons. The average Bonchev–Trinajstić information content (AvgIpc) is 2.93. The van der Waals surface area contributed by atoms with Crippen LogP contribution in [-0.2, 0) is 11.2 Å². The lowest BCUT2D eigenvalue weighted by Crippen LogP contribution is -2.15. The van der Waals surface area contributed by atoms with Crippen LogP contribution in [0.4, 0.5) is 5.69 Å². The maximum Gasteiger partial charge on any atom is 0.228 e. The molecule has 2 heterocycles. The number of aromatic nitrogens is 3. The number of nitrogens with one attached hydrogen (secondary N) is 2. The van der Waals surface area contributed by atoms with E-state index in [1.165, 1.54) is 12.4 Å². The summed E-state index contributed by atoms with van der Waals surface area (Å²) in [5.41, 5.74) is 2.59. The summed E-state index contributed by atoms with van der Waals surface area (Å²) in [7, 11) is 1.59. The number of methoxy groups -OCH3 is 1. The number of H-pyrrole nitrogens is 1. The summed E-state index contributed by atoms with van der Waals surface area (Å²) < 4.78 is 5.31. The Kier molecular flexibility index (Phi) is 4.59. The number of amides is 1. The molecule has 3 aromatic rings. The molecule has 6 nitrogen and oxygen atoms in total. The quantitative estimate of drug-likeness (QED) is 0.738. The topological polar surface area (TPSA) is 79.9 Å². The monoisotopic (exact) mass is 364 g/mol. The number of ether oxygens (including phenoxy) is 1. The van der Waals surface area contributed by atoms with Gasteiger partial charge < -0.3 is 15.0 Å². The molecule has 0 atom stereocenters. The Labute approximate surface area is 148 Å². The molecular weight excluding hydrogens is 351 g/mol. The molecule has 1 amide bonds. The third-order valence-corrected chi connectivity index (χ3v) is 4.07. The molecule has 0 aliphatic rings. The van der Waals surface area contributed by atoms with Gasteiger partial charge in [-0.2, -0.15) is 0 Å². The number of nitrogens with zero attached hydrogens (tertiary/aromatic N) is 2. The lowest BCUT2D eigenvalue weighted by molar-refractivity contribution is -0.115. The summed E-state index contributed by atoms with van der Waals surface area (Å²) in [4.78, 5) is 23.8. The summed E-state index contributed by atoms with van der Waals surface area (Å²) in [5, 5.41) is 3.28. The van der Waals surface area contributed by atoms with Crippen molar-refractivity contribution in [3.05, 3.63) is 46.0 Å². The number of rotatable bonds is 4. The minimum atomic E-state index is -0.253. The van der Waals surface area contributed by atoms with E-state index >= 15 is 0 Å². The number of halogens is 2. The number of pyridine rings is 1. The molecule has 0 aliphatic heterocycles. The maximum absolute atomic E-state index is 12.4. The van der Waals surface area contributed by atoms with Crippen LogP contribution >= 0.6 is 23.2 Å². The van der Waals surface area contributed by atoms with E-state index in [2.05, 4.69) is 20.3 Å². The summed E-state index contributed by atoms with van der Waals surface area (Å²) in [6, 6.07) is 3.62. The Morgan fingerprint density at radius 1 is 1.29 bits per heavy atom. The fourth-order valence-electron chi connectivity index (χ4n) is 2.44. The van der Waals surface area contributed by atoms with E-state index < -0.39 is 0 Å². The number of benzene rings is 1. The van der Waals surface area contributed by atoms with Crippen molar-refractivity contribution in [3.63, 3.8) is 0 Å². The van der Waals surface area contributed by atoms with Crippen LogP contribution in [-0.4, -0.2) is 28.0 Å². The van der Waals surface area contributed by atoms with Crippen LogP contribution in [0.15, 0.2) is 24.5 Å². The molecule has 0 radical (unpaired) electrons. The lowest BCUT2D eigenvalue weighted by Gasteiger charge is -2.09. The van der Waals surface area contributed by atoms with Gasteiger partial charge in [-0.1, -0.05) is 29.3 Å². The third-order valence-electron chi connectivity index (χ3n) is 3.50. The number of carbonyl (C=O) groups is 1. The van der Waals surface area contributed by atoms with Gasteiger partial charge in [-0.3, -0.25) is 9.78 Å². The van der Waals surface area contributed by atoms with E-state index in [-0.39, 0.29) is 22.4 Å². The zero-order chi connectivity index (χ0) is 17.3. The zero-order valence-electron chi connectivity index (χ0n) is 13.0. The first kappa shape index (κ1) is 16.5. The van der Waals surface area contributed by atoms with E-state index in [9.17, 15) is 4.79 Å². The van der Waals surface area contributed by atoms with Crippen LogP contribution in [0.2, 0.25) is 10.0 Å². The van der Waals surface area contributed by atoms with Crippen LogP contribution in [0, 0.1) is 6.92 Å². The van der Waals surface area contributed by atoms with Crippen molar-refractivity contribution in [2.24, 2.45) is 0 Å². The molecular formula is C16H14Cl2N4O2. The van der Waals surface area contributed by atoms with Gasteiger partial charge in [0, 0.05) is 12.4 Å². The molecule has 0 unspecified atom stereocenters. The number of hydrogen-bond donors (Lipinski definition) is 2. The minimum absolute atomic E-state index is 0.125.